The maximum absolute atomic E-state index is 7.12. The minimum Gasteiger partial charge on any atom is -0.453 e. The molecule has 226 valence electrons. The zero-order valence-corrected chi connectivity index (χ0v) is 26.7. The third kappa shape index (κ3) is 4.40. The Hall–Kier alpha value is -5.60. The molecule has 2 nitrogen and oxygen atoms in total. The van der Waals surface area contributed by atoms with Gasteiger partial charge in [0.05, 0.1) is 11.7 Å². The molecule has 0 aliphatic heterocycles. The number of anilines is 2. The first-order valence-corrected chi connectivity index (χ1v) is 16.5. The molecular weight excluding hydrogens is 571 g/mol. The Morgan fingerprint density at radius 3 is 2.15 bits per heavy atom. The van der Waals surface area contributed by atoms with E-state index in [0.29, 0.717) is 0 Å². The van der Waals surface area contributed by atoms with Crippen molar-refractivity contribution in [2.75, 3.05) is 4.90 Å². The number of nitrogens with zero attached hydrogens (tertiary/aromatic N) is 1. The van der Waals surface area contributed by atoms with E-state index in [1.54, 1.807) is 0 Å². The van der Waals surface area contributed by atoms with Crippen LogP contribution in [0, 0.1) is 0 Å². The molecule has 9 rings (SSSR count). The molecule has 1 atom stereocenters. The van der Waals surface area contributed by atoms with Crippen LogP contribution in [0.2, 0.25) is 0 Å². The number of fused-ring (bicyclic) bond motifs is 7. The minimum atomic E-state index is -0.0844. The molecule has 47 heavy (non-hydrogen) atoms. The molecule has 7 aromatic rings. The van der Waals surface area contributed by atoms with Crippen LogP contribution in [0.15, 0.2) is 162 Å². The normalized spacial score (nSPS) is 16.2. The van der Waals surface area contributed by atoms with E-state index in [-0.39, 0.29) is 11.5 Å². The predicted molar refractivity (Wildman–Crippen MR) is 197 cm³/mol. The zero-order chi connectivity index (χ0) is 31.5. The minimum absolute atomic E-state index is 0.0844. The highest BCUT2D eigenvalue weighted by Gasteiger charge is 2.37. The smallest absolute Gasteiger partial charge is 0.159 e. The molecule has 2 aliphatic carbocycles. The van der Waals surface area contributed by atoms with Crippen molar-refractivity contribution in [1.82, 2.24) is 0 Å². The van der Waals surface area contributed by atoms with Crippen LogP contribution in [0.3, 0.4) is 0 Å². The van der Waals surface area contributed by atoms with Gasteiger partial charge >= 0.3 is 0 Å². The maximum atomic E-state index is 7.12. The molecule has 0 saturated heterocycles. The Bertz CT molecular complexity index is 2360. The van der Waals surface area contributed by atoms with Crippen LogP contribution < -0.4 is 4.90 Å². The van der Waals surface area contributed by atoms with Gasteiger partial charge in [-0.15, -0.1) is 0 Å². The number of rotatable bonds is 5. The van der Waals surface area contributed by atoms with Gasteiger partial charge in [0.15, 0.2) is 5.58 Å². The SMILES string of the molecule is CC1(C)c2ccccc2-c2c1ccc1c2oc2c(N(c3cccc(-c4ccccc4)c3)C3C=CC=C(c4ccccc4)C3)cccc21. The van der Waals surface area contributed by atoms with Crippen molar-refractivity contribution in [3.63, 3.8) is 0 Å². The summed E-state index contributed by atoms with van der Waals surface area (Å²) in [5.74, 6) is 0. The number of hydrogen-bond acceptors (Lipinski definition) is 2. The van der Waals surface area contributed by atoms with Crippen molar-refractivity contribution in [3.05, 3.63) is 174 Å². The predicted octanol–water partition coefficient (Wildman–Crippen LogP) is 12.1. The second-order valence-electron chi connectivity index (χ2n) is 13.3. The summed E-state index contributed by atoms with van der Waals surface area (Å²) in [6, 6.07) is 50.5. The second-order valence-corrected chi connectivity index (χ2v) is 13.3. The Kier molecular flexibility index (Phi) is 6.33. The Balaban J connectivity index is 1.26. The topological polar surface area (TPSA) is 16.4 Å². The van der Waals surface area contributed by atoms with Crippen LogP contribution in [0.4, 0.5) is 11.4 Å². The Labute approximate surface area is 275 Å². The summed E-state index contributed by atoms with van der Waals surface area (Å²) >= 11 is 0. The Morgan fingerprint density at radius 1 is 0.617 bits per heavy atom. The van der Waals surface area contributed by atoms with Gasteiger partial charge in [-0.05, 0) is 63.6 Å². The number of hydrogen-bond donors (Lipinski definition) is 0. The molecule has 2 heteroatoms. The molecule has 1 heterocycles. The average Bonchev–Trinajstić information content (AvgIpc) is 3.62. The number of benzene rings is 6. The summed E-state index contributed by atoms with van der Waals surface area (Å²) in [5, 5.41) is 2.31. The second kappa shape index (κ2) is 10.7. The van der Waals surface area contributed by atoms with Gasteiger partial charge < -0.3 is 9.32 Å². The molecule has 0 N–H and O–H groups in total. The van der Waals surface area contributed by atoms with Crippen LogP contribution >= 0.6 is 0 Å². The highest BCUT2D eigenvalue weighted by Crippen LogP contribution is 2.53. The van der Waals surface area contributed by atoms with Crippen molar-refractivity contribution < 1.29 is 4.42 Å². The highest BCUT2D eigenvalue weighted by molar-refractivity contribution is 6.14. The maximum Gasteiger partial charge on any atom is 0.159 e. The molecule has 2 aliphatic rings. The van der Waals surface area contributed by atoms with E-state index in [4.69, 9.17) is 4.42 Å². The van der Waals surface area contributed by atoms with Crippen LogP contribution in [-0.2, 0) is 5.41 Å². The third-order valence-electron chi connectivity index (χ3n) is 10.2. The van der Waals surface area contributed by atoms with E-state index < -0.39 is 0 Å². The Morgan fingerprint density at radius 2 is 1.32 bits per heavy atom. The van der Waals surface area contributed by atoms with Gasteiger partial charge in [-0.3, -0.25) is 0 Å². The van der Waals surface area contributed by atoms with E-state index in [1.807, 2.05) is 0 Å². The lowest BCUT2D eigenvalue weighted by molar-refractivity contribution is 0.652. The van der Waals surface area contributed by atoms with Gasteiger partial charge in [0.25, 0.3) is 0 Å². The lowest BCUT2D eigenvalue weighted by Gasteiger charge is -2.34. The largest absolute Gasteiger partial charge is 0.453 e. The van der Waals surface area contributed by atoms with Gasteiger partial charge in [0, 0.05) is 27.4 Å². The standard InChI is InChI=1S/C45H35NO/c1-45(2)39-24-10-9-22-38(39)42-40(45)27-26-37-36-23-13-25-41(43(36)47-44(37)42)46(34-20-11-18-32(28-34)30-14-5-3-6-15-30)35-21-12-19-33(29-35)31-16-7-4-8-17-31/h3-28,35H,29H2,1-2H3. The molecule has 0 radical (unpaired) electrons. The van der Waals surface area contributed by atoms with Crippen LogP contribution in [0.5, 0.6) is 0 Å². The quantitative estimate of drug-likeness (QED) is 0.194. The molecular formula is C45H35NO. The molecule has 1 aromatic heterocycles. The first kappa shape index (κ1) is 27.7. The van der Waals surface area contributed by atoms with E-state index in [9.17, 15) is 0 Å². The van der Waals surface area contributed by atoms with Crippen LogP contribution in [0.1, 0.15) is 37.0 Å². The van der Waals surface area contributed by atoms with Crippen molar-refractivity contribution in [3.8, 4) is 22.3 Å². The molecule has 0 fully saturated rings. The first-order chi connectivity index (χ1) is 23.1. The molecule has 0 amide bonds. The van der Waals surface area contributed by atoms with E-state index in [2.05, 4.69) is 177 Å². The summed E-state index contributed by atoms with van der Waals surface area (Å²) in [6.45, 7) is 4.65. The fraction of sp³-hybridized carbons (Fsp3) is 0.111. The monoisotopic (exact) mass is 605 g/mol. The summed E-state index contributed by atoms with van der Waals surface area (Å²) in [5.41, 5.74) is 14.2. The lowest BCUT2D eigenvalue weighted by Crippen LogP contribution is -2.30. The van der Waals surface area contributed by atoms with E-state index in [0.717, 1.165) is 39.7 Å². The van der Waals surface area contributed by atoms with Gasteiger partial charge in [-0.2, -0.15) is 0 Å². The number of para-hydroxylation sites is 1. The highest BCUT2D eigenvalue weighted by atomic mass is 16.3. The molecule has 0 bridgehead atoms. The van der Waals surface area contributed by atoms with Crippen molar-refractivity contribution >= 4 is 38.9 Å². The van der Waals surface area contributed by atoms with Gasteiger partial charge in [0.2, 0.25) is 0 Å². The van der Waals surface area contributed by atoms with Crippen molar-refractivity contribution in [2.24, 2.45) is 0 Å². The van der Waals surface area contributed by atoms with Crippen molar-refractivity contribution in [2.45, 2.75) is 31.7 Å². The molecule has 6 aromatic carbocycles. The average molecular weight is 606 g/mol. The summed E-state index contributed by atoms with van der Waals surface area (Å²) in [7, 11) is 0. The fourth-order valence-corrected chi connectivity index (χ4v) is 7.90. The first-order valence-electron chi connectivity index (χ1n) is 16.5. The lowest BCUT2D eigenvalue weighted by atomic mass is 9.82. The zero-order valence-electron chi connectivity index (χ0n) is 26.7. The van der Waals surface area contributed by atoms with Gasteiger partial charge in [-0.25, -0.2) is 0 Å². The summed E-state index contributed by atoms with van der Waals surface area (Å²) < 4.78 is 7.12. The fourth-order valence-electron chi connectivity index (χ4n) is 7.90. The number of furan rings is 1. The van der Waals surface area contributed by atoms with E-state index >= 15 is 0 Å². The molecule has 0 saturated carbocycles. The van der Waals surface area contributed by atoms with Gasteiger partial charge in [0.1, 0.15) is 5.58 Å². The number of allylic oxidation sites excluding steroid dienone is 2. The summed E-state index contributed by atoms with van der Waals surface area (Å²) in [4.78, 5) is 2.49. The van der Waals surface area contributed by atoms with Crippen molar-refractivity contribution in [1.29, 1.82) is 0 Å². The summed E-state index contributed by atoms with van der Waals surface area (Å²) in [6.07, 6.45) is 7.69. The molecule has 0 spiro atoms. The van der Waals surface area contributed by atoms with Gasteiger partial charge in [-0.1, -0.05) is 153 Å². The van der Waals surface area contributed by atoms with Crippen LogP contribution in [0.25, 0.3) is 49.8 Å². The molecule has 1 unspecified atom stereocenters. The van der Waals surface area contributed by atoms with Crippen LogP contribution in [-0.4, -0.2) is 6.04 Å². The van der Waals surface area contributed by atoms with E-state index in [1.165, 1.54) is 44.5 Å². The third-order valence-corrected chi connectivity index (χ3v) is 10.2.